The van der Waals surface area contributed by atoms with Gasteiger partial charge in [-0.05, 0) is 68.1 Å². The standard InChI is InChI=1S/C22H24N2O4S2/c1-14-11-15(2)20-19(12-14)29-22(23-20)24(13-17-5-4-10-28-17)21(25)16-6-8-18(9-7-16)30(3,26)27/h6-9,11-12,17H,4-5,10,13H2,1-3H3. The van der Waals surface area contributed by atoms with Crippen LogP contribution in [0.1, 0.15) is 34.3 Å². The Balaban J connectivity index is 1.72. The van der Waals surface area contributed by atoms with Crippen molar-refractivity contribution in [3.8, 4) is 0 Å². The van der Waals surface area contributed by atoms with Crippen LogP contribution in [0, 0.1) is 13.8 Å². The van der Waals surface area contributed by atoms with Gasteiger partial charge in [-0.3, -0.25) is 9.69 Å². The topological polar surface area (TPSA) is 76.6 Å². The summed E-state index contributed by atoms with van der Waals surface area (Å²) < 4.78 is 30.3. The van der Waals surface area contributed by atoms with Crippen LogP contribution in [-0.4, -0.2) is 44.8 Å². The number of sulfone groups is 1. The van der Waals surface area contributed by atoms with E-state index in [1.54, 1.807) is 17.0 Å². The van der Waals surface area contributed by atoms with Gasteiger partial charge in [0, 0.05) is 18.4 Å². The lowest BCUT2D eigenvalue weighted by Crippen LogP contribution is -2.37. The highest BCUT2D eigenvalue weighted by molar-refractivity contribution is 7.90. The number of ether oxygens (including phenoxy) is 1. The van der Waals surface area contributed by atoms with Crippen LogP contribution in [-0.2, 0) is 14.6 Å². The molecule has 30 heavy (non-hydrogen) atoms. The number of amides is 1. The number of benzene rings is 2. The average molecular weight is 445 g/mol. The number of nitrogens with zero attached hydrogens (tertiary/aromatic N) is 2. The summed E-state index contributed by atoms with van der Waals surface area (Å²) in [5.41, 5.74) is 3.56. The van der Waals surface area contributed by atoms with E-state index in [4.69, 9.17) is 9.72 Å². The molecule has 2 heterocycles. The van der Waals surface area contributed by atoms with Crippen molar-refractivity contribution < 1.29 is 17.9 Å². The third kappa shape index (κ3) is 4.26. The second-order valence-electron chi connectivity index (χ2n) is 7.77. The average Bonchev–Trinajstić information content (AvgIpc) is 3.34. The SMILES string of the molecule is Cc1cc(C)c2nc(N(CC3CCCO3)C(=O)c3ccc(S(C)(=O)=O)cc3)sc2c1. The van der Waals surface area contributed by atoms with E-state index >= 15 is 0 Å². The zero-order valence-electron chi connectivity index (χ0n) is 17.2. The monoisotopic (exact) mass is 444 g/mol. The number of carbonyl (C=O) groups excluding carboxylic acids is 1. The molecule has 1 fully saturated rings. The van der Waals surface area contributed by atoms with E-state index in [1.165, 1.54) is 23.5 Å². The molecule has 4 rings (SSSR count). The molecule has 3 aromatic rings. The Bertz CT molecular complexity index is 1190. The van der Waals surface area contributed by atoms with Gasteiger partial charge in [-0.2, -0.15) is 0 Å². The number of rotatable bonds is 5. The van der Waals surface area contributed by atoms with E-state index in [0.717, 1.165) is 40.4 Å². The molecule has 158 valence electrons. The van der Waals surface area contributed by atoms with E-state index in [1.807, 2.05) is 13.8 Å². The normalized spacial score (nSPS) is 16.8. The van der Waals surface area contributed by atoms with Gasteiger partial charge in [0.2, 0.25) is 0 Å². The molecular weight excluding hydrogens is 420 g/mol. The minimum Gasteiger partial charge on any atom is -0.376 e. The Morgan fingerprint density at radius 1 is 1.23 bits per heavy atom. The smallest absolute Gasteiger partial charge is 0.260 e. The van der Waals surface area contributed by atoms with Gasteiger partial charge < -0.3 is 4.74 Å². The Morgan fingerprint density at radius 3 is 2.60 bits per heavy atom. The van der Waals surface area contributed by atoms with Crippen LogP contribution in [0.5, 0.6) is 0 Å². The number of anilines is 1. The first-order valence-corrected chi connectivity index (χ1v) is 12.5. The first-order valence-electron chi connectivity index (χ1n) is 9.84. The number of hydrogen-bond acceptors (Lipinski definition) is 6. The lowest BCUT2D eigenvalue weighted by atomic mass is 10.1. The van der Waals surface area contributed by atoms with Crippen molar-refractivity contribution in [2.24, 2.45) is 0 Å². The van der Waals surface area contributed by atoms with Gasteiger partial charge in [0.1, 0.15) is 0 Å². The summed E-state index contributed by atoms with van der Waals surface area (Å²) >= 11 is 1.49. The first kappa shape index (κ1) is 21.0. The fourth-order valence-corrected chi connectivity index (χ4v) is 5.49. The van der Waals surface area contributed by atoms with E-state index in [9.17, 15) is 13.2 Å². The summed E-state index contributed by atoms with van der Waals surface area (Å²) in [6.07, 6.45) is 3.01. The highest BCUT2D eigenvalue weighted by Gasteiger charge is 2.27. The van der Waals surface area contributed by atoms with Crippen LogP contribution in [0.2, 0.25) is 0 Å². The van der Waals surface area contributed by atoms with Crippen molar-refractivity contribution in [3.05, 3.63) is 53.1 Å². The molecule has 0 spiro atoms. The maximum Gasteiger partial charge on any atom is 0.260 e. The molecule has 1 atom stereocenters. The van der Waals surface area contributed by atoms with Crippen molar-refractivity contribution >= 4 is 42.4 Å². The summed E-state index contributed by atoms with van der Waals surface area (Å²) in [7, 11) is -3.32. The number of carbonyl (C=O) groups is 1. The van der Waals surface area contributed by atoms with Crippen molar-refractivity contribution in [3.63, 3.8) is 0 Å². The summed E-state index contributed by atoms with van der Waals surface area (Å²) in [4.78, 5) is 20.0. The van der Waals surface area contributed by atoms with Crippen molar-refractivity contribution in [1.82, 2.24) is 4.98 Å². The Kier molecular flexibility index (Phi) is 5.65. The van der Waals surface area contributed by atoms with Gasteiger partial charge in [0.25, 0.3) is 5.91 Å². The van der Waals surface area contributed by atoms with Crippen LogP contribution < -0.4 is 4.90 Å². The third-order valence-corrected chi connectivity index (χ3v) is 7.39. The second kappa shape index (κ2) is 8.09. The summed E-state index contributed by atoms with van der Waals surface area (Å²) in [6.45, 7) is 5.19. The molecule has 6 nitrogen and oxygen atoms in total. The zero-order valence-corrected chi connectivity index (χ0v) is 18.8. The number of fused-ring (bicyclic) bond motifs is 1. The summed E-state index contributed by atoms with van der Waals surface area (Å²) in [5.74, 6) is -0.209. The molecule has 0 bridgehead atoms. The fourth-order valence-electron chi connectivity index (χ4n) is 3.71. The van der Waals surface area contributed by atoms with Crippen LogP contribution in [0.15, 0.2) is 41.3 Å². The Morgan fingerprint density at radius 2 is 1.97 bits per heavy atom. The molecule has 2 aromatic carbocycles. The Hall–Kier alpha value is -2.29. The van der Waals surface area contributed by atoms with Crippen molar-refractivity contribution in [1.29, 1.82) is 0 Å². The van der Waals surface area contributed by atoms with E-state index < -0.39 is 9.84 Å². The third-order valence-electron chi connectivity index (χ3n) is 5.23. The van der Waals surface area contributed by atoms with Crippen LogP contribution in [0.4, 0.5) is 5.13 Å². The number of hydrogen-bond donors (Lipinski definition) is 0. The molecule has 1 saturated heterocycles. The molecule has 1 aromatic heterocycles. The summed E-state index contributed by atoms with van der Waals surface area (Å²) in [5, 5.41) is 0.631. The first-order chi connectivity index (χ1) is 14.2. The van der Waals surface area contributed by atoms with E-state index in [-0.39, 0.29) is 16.9 Å². The molecule has 8 heteroatoms. The maximum atomic E-state index is 13.4. The number of aryl methyl sites for hydroxylation is 2. The molecule has 0 saturated carbocycles. The van der Waals surface area contributed by atoms with Crippen molar-refractivity contribution in [2.75, 3.05) is 24.3 Å². The number of aromatic nitrogens is 1. The van der Waals surface area contributed by atoms with E-state index in [0.29, 0.717) is 23.8 Å². The lowest BCUT2D eigenvalue weighted by Gasteiger charge is -2.23. The largest absolute Gasteiger partial charge is 0.376 e. The molecule has 0 radical (unpaired) electrons. The highest BCUT2D eigenvalue weighted by atomic mass is 32.2. The zero-order chi connectivity index (χ0) is 21.5. The molecule has 1 aliphatic heterocycles. The fraction of sp³-hybridized carbons (Fsp3) is 0.364. The van der Waals surface area contributed by atoms with Gasteiger partial charge in [0.05, 0.1) is 27.8 Å². The highest BCUT2D eigenvalue weighted by Crippen LogP contribution is 2.33. The van der Waals surface area contributed by atoms with Gasteiger partial charge in [-0.1, -0.05) is 17.4 Å². The molecule has 1 unspecified atom stereocenters. The Labute approximate surface area is 180 Å². The van der Waals surface area contributed by atoms with Gasteiger partial charge >= 0.3 is 0 Å². The minimum absolute atomic E-state index is 0.0286. The van der Waals surface area contributed by atoms with Crippen LogP contribution in [0.25, 0.3) is 10.2 Å². The molecule has 0 aliphatic carbocycles. The predicted molar refractivity (Wildman–Crippen MR) is 119 cm³/mol. The second-order valence-corrected chi connectivity index (χ2v) is 10.8. The van der Waals surface area contributed by atoms with Gasteiger partial charge in [-0.15, -0.1) is 0 Å². The summed E-state index contributed by atoms with van der Waals surface area (Å²) in [6, 6.07) is 10.2. The van der Waals surface area contributed by atoms with Crippen molar-refractivity contribution in [2.45, 2.75) is 37.7 Å². The molecular formula is C22H24N2O4S2. The maximum absolute atomic E-state index is 13.4. The number of thiazole rings is 1. The minimum atomic E-state index is -3.32. The molecule has 1 aliphatic rings. The lowest BCUT2D eigenvalue weighted by molar-refractivity contribution is 0.0917. The van der Waals surface area contributed by atoms with Crippen LogP contribution >= 0.6 is 11.3 Å². The molecule has 1 amide bonds. The molecule has 0 N–H and O–H groups in total. The van der Waals surface area contributed by atoms with E-state index in [2.05, 4.69) is 12.1 Å². The van der Waals surface area contributed by atoms with Gasteiger partial charge in [-0.25, -0.2) is 13.4 Å². The predicted octanol–water partition coefficient (Wildman–Crippen LogP) is 4.14. The van der Waals surface area contributed by atoms with Crippen LogP contribution in [0.3, 0.4) is 0 Å². The van der Waals surface area contributed by atoms with Gasteiger partial charge in [0.15, 0.2) is 15.0 Å². The quantitative estimate of drug-likeness (QED) is 0.591.